The molecular weight excluding hydrogens is 128 g/mol. The number of ketones is 1. The van der Waals surface area contributed by atoms with Crippen LogP contribution in [-0.2, 0) is 4.79 Å². The maximum Gasteiger partial charge on any atom is 0.182 e. The highest BCUT2D eigenvalue weighted by Gasteiger charge is 1.90. The fourth-order valence-corrected chi connectivity index (χ4v) is 0.490. The van der Waals surface area contributed by atoms with Gasteiger partial charge in [0.1, 0.15) is 0 Å². The van der Waals surface area contributed by atoms with Gasteiger partial charge in [-0.3, -0.25) is 4.79 Å². The Balaban J connectivity index is 4.14. The molecule has 3 heteroatoms. The molecule has 0 aromatic carbocycles. The third kappa shape index (κ3) is 4.90. The lowest BCUT2D eigenvalue weighted by Gasteiger charge is -1.88. The average molecular weight is 140 g/mol. The molecule has 0 saturated carbocycles. The summed E-state index contributed by atoms with van der Waals surface area (Å²) in [6.45, 7) is 3.30. The molecular formula is C7H12N2O. The molecule has 0 aliphatic rings. The molecule has 10 heavy (non-hydrogen) atoms. The molecule has 0 aliphatic heterocycles. The van der Waals surface area contributed by atoms with Crippen LogP contribution in [0.1, 0.15) is 13.8 Å². The molecule has 0 heterocycles. The zero-order chi connectivity index (χ0) is 8.15. The fraction of sp³-hybridized carbons (Fsp3) is 0.286. The van der Waals surface area contributed by atoms with Crippen LogP contribution < -0.4 is 11.5 Å². The molecule has 0 bridgehead atoms. The lowest BCUT2D eigenvalue weighted by molar-refractivity contribution is -0.110. The van der Waals surface area contributed by atoms with Crippen LogP contribution in [0.4, 0.5) is 0 Å². The number of nitrogens with two attached hydrogens (primary N) is 2. The van der Waals surface area contributed by atoms with Crippen LogP contribution in [0.5, 0.6) is 0 Å². The van der Waals surface area contributed by atoms with E-state index in [1.165, 1.54) is 12.2 Å². The monoisotopic (exact) mass is 140 g/mol. The summed E-state index contributed by atoms with van der Waals surface area (Å²) in [5.41, 5.74) is 11.5. The van der Waals surface area contributed by atoms with E-state index in [4.69, 9.17) is 11.5 Å². The summed E-state index contributed by atoms with van der Waals surface area (Å²) in [7, 11) is 0. The molecule has 0 rings (SSSR count). The van der Waals surface area contributed by atoms with Gasteiger partial charge in [0.15, 0.2) is 5.78 Å². The molecule has 0 saturated heterocycles. The van der Waals surface area contributed by atoms with Gasteiger partial charge in [-0.2, -0.15) is 0 Å². The molecule has 3 nitrogen and oxygen atoms in total. The minimum atomic E-state index is -0.167. The lowest BCUT2D eigenvalue weighted by atomic mass is 10.3. The van der Waals surface area contributed by atoms with Crippen molar-refractivity contribution in [3.8, 4) is 0 Å². The van der Waals surface area contributed by atoms with Crippen molar-refractivity contribution in [2.24, 2.45) is 11.5 Å². The number of carbonyl (C=O) groups is 1. The maximum absolute atomic E-state index is 10.8. The summed E-state index contributed by atoms with van der Waals surface area (Å²) in [6.07, 6.45) is 2.66. The Bertz CT molecular complexity index is 164. The van der Waals surface area contributed by atoms with Crippen LogP contribution in [0.3, 0.4) is 0 Å². The van der Waals surface area contributed by atoms with Crippen LogP contribution >= 0.6 is 0 Å². The van der Waals surface area contributed by atoms with Crippen molar-refractivity contribution < 1.29 is 4.79 Å². The van der Waals surface area contributed by atoms with Gasteiger partial charge in [-0.25, -0.2) is 0 Å². The topological polar surface area (TPSA) is 69.1 Å². The van der Waals surface area contributed by atoms with E-state index in [1.54, 1.807) is 13.8 Å². The minimum absolute atomic E-state index is 0.167. The first kappa shape index (κ1) is 8.75. The van der Waals surface area contributed by atoms with E-state index in [0.717, 1.165) is 0 Å². The Morgan fingerprint density at radius 3 is 1.60 bits per heavy atom. The fourth-order valence-electron chi connectivity index (χ4n) is 0.490. The van der Waals surface area contributed by atoms with Gasteiger partial charge in [0, 0.05) is 23.5 Å². The van der Waals surface area contributed by atoms with Crippen molar-refractivity contribution in [3.63, 3.8) is 0 Å². The Labute approximate surface area is 60.4 Å². The smallest absolute Gasteiger partial charge is 0.182 e. The predicted molar refractivity (Wildman–Crippen MR) is 40.9 cm³/mol. The van der Waals surface area contributed by atoms with Crippen molar-refractivity contribution in [1.29, 1.82) is 0 Å². The van der Waals surface area contributed by atoms with Gasteiger partial charge in [0.2, 0.25) is 0 Å². The van der Waals surface area contributed by atoms with E-state index in [1.807, 2.05) is 0 Å². The van der Waals surface area contributed by atoms with Crippen LogP contribution in [0.25, 0.3) is 0 Å². The zero-order valence-electron chi connectivity index (χ0n) is 6.22. The average Bonchev–Trinajstić information content (AvgIpc) is 1.58. The van der Waals surface area contributed by atoms with Gasteiger partial charge in [0.05, 0.1) is 0 Å². The molecule has 0 unspecified atom stereocenters. The molecule has 0 aliphatic carbocycles. The number of carbonyl (C=O) groups excluding carboxylic acids is 1. The van der Waals surface area contributed by atoms with Gasteiger partial charge in [-0.15, -0.1) is 0 Å². The summed E-state index contributed by atoms with van der Waals surface area (Å²) < 4.78 is 0. The van der Waals surface area contributed by atoms with Crippen LogP contribution in [0, 0.1) is 0 Å². The van der Waals surface area contributed by atoms with Crippen molar-refractivity contribution >= 4 is 5.78 Å². The van der Waals surface area contributed by atoms with E-state index in [0.29, 0.717) is 11.4 Å². The quantitative estimate of drug-likeness (QED) is 0.541. The third-order valence-electron chi connectivity index (χ3n) is 0.740. The van der Waals surface area contributed by atoms with E-state index in [9.17, 15) is 4.79 Å². The van der Waals surface area contributed by atoms with Crippen LogP contribution in [0.15, 0.2) is 23.5 Å². The second-order valence-corrected chi connectivity index (χ2v) is 2.18. The Morgan fingerprint density at radius 1 is 1.10 bits per heavy atom. The Kier molecular flexibility index (Phi) is 3.25. The third-order valence-corrected chi connectivity index (χ3v) is 0.740. The molecule has 0 atom stereocenters. The summed E-state index contributed by atoms with van der Waals surface area (Å²) >= 11 is 0. The maximum atomic E-state index is 10.8. The Morgan fingerprint density at radius 2 is 1.40 bits per heavy atom. The summed E-state index contributed by atoms with van der Waals surface area (Å²) in [6, 6.07) is 0. The normalized spacial score (nSPS) is 13.4. The first-order chi connectivity index (χ1) is 4.52. The lowest BCUT2D eigenvalue weighted by Crippen LogP contribution is -1.99. The summed E-state index contributed by atoms with van der Waals surface area (Å²) in [5.74, 6) is -0.167. The molecule has 56 valence electrons. The van der Waals surface area contributed by atoms with Gasteiger partial charge < -0.3 is 11.5 Å². The van der Waals surface area contributed by atoms with Crippen LogP contribution in [0.2, 0.25) is 0 Å². The minimum Gasteiger partial charge on any atom is -0.402 e. The second kappa shape index (κ2) is 3.71. The van der Waals surface area contributed by atoms with Crippen molar-refractivity contribution in [2.45, 2.75) is 13.8 Å². The molecule has 0 spiro atoms. The molecule has 4 N–H and O–H groups in total. The van der Waals surface area contributed by atoms with Crippen molar-refractivity contribution in [3.05, 3.63) is 23.5 Å². The van der Waals surface area contributed by atoms with E-state index in [-0.39, 0.29) is 5.78 Å². The first-order valence-corrected chi connectivity index (χ1v) is 2.94. The highest BCUT2D eigenvalue weighted by molar-refractivity contribution is 5.99. The van der Waals surface area contributed by atoms with Crippen molar-refractivity contribution in [2.75, 3.05) is 0 Å². The standard InChI is InChI=1S/C7H12N2O/c1-5(8)3-7(10)4-6(2)9/h3-4H,8-9H2,1-2H3. The van der Waals surface area contributed by atoms with Gasteiger partial charge in [0.25, 0.3) is 0 Å². The van der Waals surface area contributed by atoms with Gasteiger partial charge >= 0.3 is 0 Å². The molecule has 0 aromatic heterocycles. The summed E-state index contributed by atoms with van der Waals surface area (Å²) in [4.78, 5) is 10.8. The predicted octanol–water partition coefficient (Wildman–Crippen LogP) is 0.281. The van der Waals surface area contributed by atoms with Crippen LogP contribution in [-0.4, -0.2) is 5.78 Å². The molecule has 0 radical (unpaired) electrons. The van der Waals surface area contributed by atoms with Crippen molar-refractivity contribution in [1.82, 2.24) is 0 Å². The van der Waals surface area contributed by atoms with Gasteiger partial charge in [-0.1, -0.05) is 0 Å². The zero-order valence-corrected chi connectivity index (χ0v) is 6.22. The molecule has 0 aromatic rings. The summed E-state index contributed by atoms with van der Waals surface area (Å²) in [5, 5.41) is 0. The number of hydrogen-bond acceptors (Lipinski definition) is 3. The van der Waals surface area contributed by atoms with Gasteiger partial charge in [-0.05, 0) is 13.8 Å². The van der Waals surface area contributed by atoms with E-state index in [2.05, 4.69) is 0 Å². The number of rotatable bonds is 2. The molecule has 0 amide bonds. The number of allylic oxidation sites excluding steroid dienone is 4. The second-order valence-electron chi connectivity index (χ2n) is 2.18. The highest BCUT2D eigenvalue weighted by atomic mass is 16.1. The van der Waals surface area contributed by atoms with E-state index < -0.39 is 0 Å². The van der Waals surface area contributed by atoms with E-state index >= 15 is 0 Å². The SMILES string of the molecule is CC(N)=CC(=O)C=C(C)N. The largest absolute Gasteiger partial charge is 0.402 e. The highest BCUT2D eigenvalue weighted by Crippen LogP contribution is 1.86. The Hall–Kier alpha value is -1.25. The number of hydrogen-bond donors (Lipinski definition) is 2. The first-order valence-electron chi connectivity index (χ1n) is 2.94. The molecule has 0 fully saturated rings.